The summed E-state index contributed by atoms with van der Waals surface area (Å²) in [4.78, 5) is 22.6. The molecule has 0 bridgehead atoms. The second kappa shape index (κ2) is 4.21. The lowest BCUT2D eigenvalue weighted by atomic mass is 9.96. The summed E-state index contributed by atoms with van der Waals surface area (Å²) in [6.07, 6.45) is 2.01. The number of carboxylic acid groups (broad SMARTS) is 1. The maximum Gasteiger partial charge on any atom is 0.310 e. The number of carboxylic acids is 1. The molecule has 1 N–H and O–H groups in total. The zero-order chi connectivity index (χ0) is 11.6. The van der Waals surface area contributed by atoms with E-state index in [9.17, 15) is 9.59 Å². The lowest BCUT2D eigenvalue weighted by molar-refractivity contribution is -0.165. The van der Waals surface area contributed by atoms with Crippen LogP contribution in [0.5, 0.6) is 0 Å². The minimum Gasteiger partial charge on any atom is -0.481 e. The first kappa shape index (κ1) is 12.0. The van der Waals surface area contributed by atoms with Gasteiger partial charge in [-0.2, -0.15) is 0 Å². The lowest BCUT2D eigenvalue weighted by Crippen LogP contribution is -2.32. The number of ether oxygens (including phenoxy) is 1. The Morgan fingerprint density at radius 3 is 2.20 bits per heavy atom. The molecule has 0 radical (unpaired) electrons. The van der Waals surface area contributed by atoms with Crippen molar-refractivity contribution in [2.75, 3.05) is 0 Å². The molecule has 1 aliphatic carbocycles. The van der Waals surface area contributed by atoms with Gasteiger partial charge in [-0.1, -0.05) is 6.42 Å². The molecule has 1 rings (SSSR count). The van der Waals surface area contributed by atoms with E-state index in [2.05, 4.69) is 0 Å². The SMILES string of the molecule is CC(C)(C)OC(=O)C1CCC[C@H]1C(=O)O. The third kappa shape index (κ3) is 3.22. The fourth-order valence-electron chi connectivity index (χ4n) is 1.92. The van der Waals surface area contributed by atoms with E-state index >= 15 is 0 Å². The Bertz CT molecular complexity index is 264. The average Bonchev–Trinajstić information content (AvgIpc) is 2.47. The highest BCUT2D eigenvalue weighted by Crippen LogP contribution is 2.33. The Kier molecular flexibility index (Phi) is 3.37. The van der Waals surface area contributed by atoms with Crippen molar-refractivity contribution < 1.29 is 19.4 Å². The highest BCUT2D eigenvalue weighted by Gasteiger charge is 2.39. The summed E-state index contributed by atoms with van der Waals surface area (Å²) in [6, 6.07) is 0. The van der Waals surface area contributed by atoms with Crippen molar-refractivity contribution in [3.8, 4) is 0 Å². The summed E-state index contributed by atoms with van der Waals surface area (Å²) in [5.41, 5.74) is -0.539. The number of aliphatic carboxylic acids is 1. The first-order valence-electron chi connectivity index (χ1n) is 5.27. The van der Waals surface area contributed by atoms with Crippen LogP contribution in [-0.4, -0.2) is 22.6 Å². The molecular weight excluding hydrogens is 196 g/mol. The normalized spacial score (nSPS) is 26.3. The molecule has 15 heavy (non-hydrogen) atoms. The molecular formula is C11H18O4. The molecule has 2 atom stereocenters. The van der Waals surface area contributed by atoms with E-state index in [-0.39, 0.29) is 5.97 Å². The molecule has 0 aromatic carbocycles. The van der Waals surface area contributed by atoms with Gasteiger partial charge in [0.15, 0.2) is 0 Å². The number of rotatable bonds is 2. The molecule has 0 heterocycles. The van der Waals surface area contributed by atoms with Gasteiger partial charge < -0.3 is 9.84 Å². The van der Waals surface area contributed by atoms with Crippen LogP contribution in [-0.2, 0) is 14.3 Å². The molecule has 0 spiro atoms. The molecule has 0 aliphatic heterocycles. The monoisotopic (exact) mass is 214 g/mol. The number of hydrogen-bond donors (Lipinski definition) is 1. The third-order valence-corrected chi connectivity index (χ3v) is 2.54. The van der Waals surface area contributed by atoms with Gasteiger partial charge in [0.2, 0.25) is 0 Å². The molecule has 4 nitrogen and oxygen atoms in total. The van der Waals surface area contributed by atoms with Gasteiger partial charge >= 0.3 is 11.9 Å². The van der Waals surface area contributed by atoms with Gasteiger partial charge in [-0.15, -0.1) is 0 Å². The summed E-state index contributed by atoms with van der Waals surface area (Å²) >= 11 is 0. The largest absolute Gasteiger partial charge is 0.481 e. The van der Waals surface area contributed by atoms with Gasteiger partial charge in [-0.05, 0) is 33.6 Å². The predicted octanol–water partition coefficient (Wildman–Crippen LogP) is 1.83. The molecule has 0 aromatic rings. The van der Waals surface area contributed by atoms with Crippen LogP contribution in [0.2, 0.25) is 0 Å². The van der Waals surface area contributed by atoms with Crippen molar-refractivity contribution in [2.45, 2.75) is 45.6 Å². The van der Waals surface area contributed by atoms with Crippen LogP contribution in [0.15, 0.2) is 0 Å². The van der Waals surface area contributed by atoms with Gasteiger partial charge in [-0.3, -0.25) is 9.59 Å². The zero-order valence-corrected chi connectivity index (χ0v) is 9.45. The zero-order valence-electron chi connectivity index (χ0n) is 9.45. The lowest BCUT2D eigenvalue weighted by Gasteiger charge is -2.23. The van der Waals surface area contributed by atoms with Crippen LogP contribution < -0.4 is 0 Å². The van der Waals surface area contributed by atoms with E-state index < -0.39 is 23.4 Å². The quantitative estimate of drug-likeness (QED) is 0.712. The van der Waals surface area contributed by atoms with E-state index in [4.69, 9.17) is 9.84 Å². The van der Waals surface area contributed by atoms with E-state index in [0.29, 0.717) is 12.8 Å². The Labute approximate surface area is 89.6 Å². The topological polar surface area (TPSA) is 63.6 Å². The molecule has 1 unspecified atom stereocenters. The molecule has 0 saturated heterocycles. The molecule has 4 heteroatoms. The van der Waals surface area contributed by atoms with Crippen molar-refractivity contribution in [3.63, 3.8) is 0 Å². The summed E-state index contributed by atoms with van der Waals surface area (Å²) < 4.78 is 5.20. The van der Waals surface area contributed by atoms with Gasteiger partial charge in [0.1, 0.15) is 5.60 Å². The van der Waals surface area contributed by atoms with E-state index in [1.54, 1.807) is 20.8 Å². The minimum absolute atomic E-state index is 0.368. The summed E-state index contributed by atoms with van der Waals surface area (Å²) in [7, 11) is 0. The molecule has 1 aliphatic rings. The molecule has 1 fully saturated rings. The van der Waals surface area contributed by atoms with Gasteiger partial charge in [-0.25, -0.2) is 0 Å². The smallest absolute Gasteiger partial charge is 0.310 e. The van der Waals surface area contributed by atoms with Crippen molar-refractivity contribution in [1.82, 2.24) is 0 Å². The highest BCUT2D eigenvalue weighted by molar-refractivity contribution is 5.81. The van der Waals surface area contributed by atoms with Crippen molar-refractivity contribution in [2.24, 2.45) is 11.8 Å². The van der Waals surface area contributed by atoms with Gasteiger partial charge in [0.05, 0.1) is 11.8 Å². The van der Waals surface area contributed by atoms with Crippen molar-refractivity contribution in [3.05, 3.63) is 0 Å². The number of hydrogen-bond acceptors (Lipinski definition) is 3. The van der Waals surface area contributed by atoms with Crippen molar-refractivity contribution in [1.29, 1.82) is 0 Å². The molecule has 1 saturated carbocycles. The Morgan fingerprint density at radius 1 is 1.20 bits per heavy atom. The Balaban J connectivity index is 2.63. The highest BCUT2D eigenvalue weighted by atomic mass is 16.6. The van der Waals surface area contributed by atoms with Crippen LogP contribution in [0, 0.1) is 11.8 Å². The van der Waals surface area contributed by atoms with Crippen LogP contribution in [0.1, 0.15) is 40.0 Å². The van der Waals surface area contributed by atoms with Gasteiger partial charge in [0.25, 0.3) is 0 Å². The summed E-state index contributed by atoms with van der Waals surface area (Å²) in [5, 5.41) is 8.92. The van der Waals surface area contributed by atoms with Crippen LogP contribution in [0.4, 0.5) is 0 Å². The standard InChI is InChI=1S/C11H18O4/c1-11(2,3)15-10(14)8-6-4-5-7(8)9(12)13/h7-8H,4-6H2,1-3H3,(H,12,13)/t7-,8?/m1/s1. The van der Waals surface area contributed by atoms with E-state index in [0.717, 1.165) is 6.42 Å². The minimum atomic E-state index is -0.886. The molecule has 0 aromatic heterocycles. The number of carbonyl (C=O) groups excluding carboxylic acids is 1. The Hall–Kier alpha value is -1.06. The first-order chi connectivity index (χ1) is 6.81. The van der Waals surface area contributed by atoms with E-state index in [1.807, 2.05) is 0 Å². The maximum absolute atomic E-state index is 11.7. The van der Waals surface area contributed by atoms with Crippen LogP contribution in [0.3, 0.4) is 0 Å². The number of esters is 1. The average molecular weight is 214 g/mol. The van der Waals surface area contributed by atoms with Crippen LogP contribution in [0.25, 0.3) is 0 Å². The molecule has 86 valence electrons. The number of carbonyl (C=O) groups is 2. The van der Waals surface area contributed by atoms with Gasteiger partial charge in [0, 0.05) is 0 Å². The fraction of sp³-hybridized carbons (Fsp3) is 0.818. The maximum atomic E-state index is 11.7. The Morgan fingerprint density at radius 2 is 1.73 bits per heavy atom. The van der Waals surface area contributed by atoms with Crippen LogP contribution >= 0.6 is 0 Å². The van der Waals surface area contributed by atoms with Crippen molar-refractivity contribution >= 4 is 11.9 Å². The fourth-order valence-corrected chi connectivity index (χ4v) is 1.92. The summed E-state index contributed by atoms with van der Waals surface area (Å²) in [6.45, 7) is 5.36. The molecule has 0 amide bonds. The second-order valence-corrected chi connectivity index (χ2v) is 5.02. The van der Waals surface area contributed by atoms with E-state index in [1.165, 1.54) is 0 Å². The second-order valence-electron chi connectivity index (χ2n) is 5.02. The summed E-state index contributed by atoms with van der Waals surface area (Å²) in [5.74, 6) is -2.27. The first-order valence-corrected chi connectivity index (χ1v) is 5.27. The predicted molar refractivity (Wildman–Crippen MR) is 54.3 cm³/mol. The third-order valence-electron chi connectivity index (χ3n) is 2.54.